The predicted octanol–water partition coefficient (Wildman–Crippen LogP) is 4.48. The molecular weight excluding hydrogens is 420 g/mol. The van der Waals surface area contributed by atoms with Crippen LogP contribution in [0.5, 0.6) is 5.75 Å². The molecule has 142 valence electrons. The summed E-state index contributed by atoms with van der Waals surface area (Å²) < 4.78 is 6.43. The Morgan fingerprint density at radius 3 is 2.64 bits per heavy atom. The van der Waals surface area contributed by atoms with E-state index in [1.165, 1.54) is 6.20 Å². The van der Waals surface area contributed by atoms with Crippen LogP contribution >= 0.6 is 15.9 Å². The second kappa shape index (κ2) is 7.64. The molecule has 1 aliphatic carbocycles. The molecule has 2 aromatic carbocycles. The third-order valence-electron chi connectivity index (χ3n) is 5.10. The van der Waals surface area contributed by atoms with Crippen molar-refractivity contribution in [3.05, 3.63) is 92.3 Å². The van der Waals surface area contributed by atoms with Gasteiger partial charge in [-0.05, 0) is 66.4 Å². The zero-order chi connectivity index (χ0) is 19.7. The van der Waals surface area contributed by atoms with E-state index < -0.39 is 5.56 Å². The SMILES string of the molecule is COc1cccc2c1CCC2N(C(=O)c1ccc[nH]c1=O)c1ccc(Br)cc1. The van der Waals surface area contributed by atoms with E-state index in [1.54, 1.807) is 24.1 Å². The summed E-state index contributed by atoms with van der Waals surface area (Å²) in [6.45, 7) is 0. The van der Waals surface area contributed by atoms with Crippen LogP contribution in [0.3, 0.4) is 0 Å². The number of carbonyl (C=O) groups excluding carboxylic acids is 1. The number of hydrogen-bond donors (Lipinski definition) is 1. The Morgan fingerprint density at radius 2 is 1.93 bits per heavy atom. The molecule has 1 N–H and O–H groups in total. The Balaban J connectivity index is 1.84. The minimum absolute atomic E-state index is 0.127. The van der Waals surface area contributed by atoms with Gasteiger partial charge in [0, 0.05) is 16.4 Å². The molecule has 0 bridgehead atoms. The van der Waals surface area contributed by atoms with Crippen molar-refractivity contribution in [1.29, 1.82) is 0 Å². The number of nitrogens with one attached hydrogen (secondary N) is 1. The van der Waals surface area contributed by atoms with Gasteiger partial charge in [-0.25, -0.2) is 0 Å². The normalized spacial score (nSPS) is 15.1. The number of rotatable bonds is 4. The summed E-state index contributed by atoms with van der Waals surface area (Å²) in [5.41, 5.74) is 2.66. The number of halogens is 1. The van der Waals surface area contributed by atoms with E-state index in [4.69, 9.17) is 4.74 Å². The maximum Gasteiger partial charge on any atom is 0.264 e. The van der Waals surface area contributed by atoms with Crippen LogP contribution in [0, 0.1) is 0 Å². The lowest BCUT2D eigenvalue weighted by atomic mass is 10.0. The number of carbonyl (C=O) groups is 1. The standard InChI is InChI=1S/C22H19BrN2O3/c1-28-20-6-2-4-16-17(20)11-12-19(16)25(15-9-7-14(23)8-10-15)22(27)18-5-3-13-24-21(18)26/h2-10,13,19H,11-12H2,1H3,(H,24,26). The van der Waals surface area contributed by atoms with Gasteiger partial charge in [-0.2, -0.15) is 0 Å². The van der Waals surface area contributed by atoms with Crippen molar-refractivity contribution in [1.82, 2.24) is 4.98 Å². The molecule has 1 heterocycles. The lowest BCUT2D eigenvalue weighted by molar-refractivity contribution is 0.0974. The Hall–Kier alpha value is -2.86. The second-order valence-corrected chi connectivity index (χ2v) is 7.56. The number of anilines is 1. The van der Waals surface area contributed by atoms with E-state index in [-0.39, 0.29) is 17.5 Å². The van der Waals surface area contributed by atoms with E-state index in [0.717, 1.165) is 39.9 Å². The fourth-order valence-corrected chi connectivity index (χ4v) is 4.08. The molecule has 6 heteroatoms. The fourth-order valence-electron chi connectivity index (χ4n) is 3.82. The van der Waals surface area contributed by atoms with Gasteiger partial charge in [0.25, 0.3) is 11.5 Å². The minimum Gasteiger partial charge on any atom is -0.496 e. The second-order valence-electron chi connectivity index (χ2n) is 6.65. The number of methoxy groups -OCH3 is 1. The van der Waals surface area contributed by atoms with E-state index in [0.29, 0.717) is 0 Å². The zero-order valence-corrected chi connectivity index (χ0v) is 16.9. The zero-order valence-electron chi connectivity index (χ0n) is 15.3. The first kappa shape index (κ1) is 18.5. The van der Waals surface area contributed by atoms with Crippen LogP contribution in [-0.2, 0) is 6.42 Å². The number of ether oxygens (including phenoxy) is 1. The molecule has 5 nitrogen and oxygen atoms in total. The highest BCUT2D eigenvalue weighted by Crippen LogP contribution is 2.42. The summed E-state index contributed by atoms with van der Waals surface area (Å²) in [6.07, 6.45) is 3.11. The molecule has 0 radical (unpaired) electrons. The van der Waals surface area contributed by atoms with Gasteiger partial charge in [0.15, 0.2) is 0 Å². The van der Waals surface area contributed by atoms with Crippen LogP contribution in [0.15, 0.2) is 70.1 Å². The van der Waals surface area contributed by atoms with Crippen molar-refractivity contribution in [2.24, 2.45) is 0 Å². The van der Waals surface area contributed by atoms with Gasteiger partial charge in [0.1, 0.15) is 11.3 Å². The van der Waals surface area contributed by atoms with Gasteiger partial charge >= 0.3 is 0 Å². The third kappa shape index (κ3) is 3.24. The maximum atomic E-state index is 13.5. The molecule has 3 aromatic rings. The highest BCUT2D eigenvalue weighted by molar-refractivity contribution is 9.10. The molecule has 28 heavy (non-hydrogen) atoms. The number of benzene rings is 2. The fraction of sp³-hybridized carbons (Fsp3) is 0.182. The quantitative estimate of drug-likeness (QED) is 0.652. The molecule has 0 saturated carbocycles. The molecular formula is C22H19BrN2O3. The minimum atomic E-state index is -0.390. The van der Waals surface area contributed by atoms with Crippen molar-refractivity contribution >= 4 is 27.5 Å². The van der Waals surface area contributed by atoms with Crippen LogP contribution < -0.4 is 15.2 Å². The van der Waals surface area contributed by atoms with Crippen LogP contribution in [0.1, 0.15) is 33.9 Å². The summed E-state index contributed by atoms with van der Waals surface area (Å²) >= 11 is 3.44. The Bertz CT molecular complexity index is 1080. The lowest BCUT2D eigenvalue weighted by Gasteiger charge is -2.30. The summed E-state index contributed by atoms with van der Waals surface area (Å²) in [7, 11) is 1.66. The van der Waals surface area contributed by atoms with Crippen molar-refractivity contribution in [3.63, 3.8) is 0 Å². The van der Waals surface area contributed by atoms with Crippen molar-refractivity contribution in [3.8, 4) is 5.75 Å². The van der Waals surface area contributed by atoms with Gasteiger partial charge < -0.3 is 14.6 Å². The first-order chi connectivity index (χ1) is 13.6. The average Bonchev–Trinajstić information content (AvgIpc) is 3.14. The summed E-state index contributed by atoms with van der Waals surface area (Å²) in [6, 6.07) is 16.5. The highest BCUT2D eigenvalue weighted by atomic mass is 79.9. The van der Waals surface area contributed by atoms with Crippen molar-refractivity contribution in [2.45, 2.75) is 18.9 Å². The van der Waals surface area contributed by atoms with Crippen LogP contribution in [0.25, 0.3) is 0 Å². The number of pyridine rings is 1. The van der Waals surface area contributed by atoms with Gasteiger partial charge in [-0.15, -0.1) is 0 Å². The van der Waals surface area contributed by atoms with E-state index >= 15 is 0 Å². The monoisotopic (exact) mass is 438 g/mol. The van der Waals surface area contributed by atoms with Crippen molar-refractivity contribution < 1.29 is 9.53 Å². The molecule has 1 aromatic heterocycles. The number of fused-ring (bicyclic) bond motifs is 1. The molecule has 0 fully saturated rings. The van der Waals surface area contributed by atoms with E-state index in [9.17, 15) is 9.59 Å². The maximum absolute atomic E-state index is 13.5. The van der Waals surface area contributed by atoms with Gasteiger partial charge in [-0.1, -0.05) is 28.1 Å². The molecule has 1 atom stereocenters. The largest absolute Gasteiger partial charge is 0.496 e. The number of amides is 1. The third-order valence-corrected chi connectivity index (χ3v) is 5.63. The van der Waals surface area contributed by atoms with Gasteiger partial charge in [-0.3, -0.25) is 9.59 Å². The smallest absolute Gasteiger partial charge is 0.264 e. The summed E-state index contributed by atoms with van der Waals surface area (Å²) in [5, 5.41) is 0. The summed E-state index contributed by atoms with van der Waals surface area (Å²) in [4.78, 5) is 30.1. The van der Waals surface area contributed by atoms with Crippen molar-refractivity contribution in [2.75, 3.05) is 12.0 Å². The predicted molar refractivity (Wildman–Crippen MR) is 112 cm³/mol. The van der Waals surface area contributed by atoms with Gasteiger partial charge in [0.2, 0.25) is 0 Å². The van der Waals surface area contributed by atoms with Crippen LogP contribution in [0.2, 0.25) is 0 Å². The number of H-pyrrole nitrogens is 1. The lowest BCUT2D eigenvalue weighted by Crippen LogP contribution is -2.37. The number of nitrogens with zero attached hydrogens (tertiary/aromatic N) is 1. The molecule has 1 unspecified atom stereocenters. The van der Waals surface area contributed by atoms with Crippen LogP contribution in [-0.4, -0.2) is 18.0 Å². The first-order valence-electron chi connectivity index (χ1n) is 9.02. The Morgan fingerprint density at radius 1 is 1.14 bits per heavy atom. The Kier molecular flexibility index (Phi) is 5.05. The van der Waals surface area contributed by atoms with E-state index in [2.05, 4.69) is 20.9 Å². The Labute approximate surface area is 171 Å². The number of hydrogen-bond acceptors (Lipinski definition) is 3. The highest BCUT2D eigenvalue weighted by Gasteiger charge is 2.34. The molecule has 0 spiro atoms. The number of aromatic nitrogens is 1. The van der Waals surface area contributed by atoms with Crippen LogP contribution in [0.4, 0.5) is 5.69 Å². The summed E-state index contributed by atoms with van der Waals surface area (Å²) in [5.74, 6) is 0.519. The number of aromatic amines is 1. The topological polar surface area (TPSA) is 62.4 Å². The molecule has 4 rings (SSSR count). The molecule has 0 saturated heterocycles. The first-order valence-corrected chi connectivity index (χ1v) is 9.82. The van der Waals surface area contributed by atoms with E-state index in [1.807, 2.05) is 42.5 Å². The van der Waals surface area contributed by atoms with Gasteiger partial charge in [0.05, 0.1) is 13.2 Å². The molecule has 0 aliphatic heterocycles. The molecule has 1 amide bonds. The average molecular weight is 439 g/mol. The molecule has 1 aliphatic rings.